The van der Waals surface area contributed by atoms with Crippen molar-refractivity contribution in [2.75, 3.05) is 25.6 Å². The maximum Gasteiger partial charge on any atom is 0.340 e. The number of ether oxygens (including phenoxy) is 2. The molecule has 0 spiro atoms. The standard InChI is InChI=1S/C13H13Cl2NO4/c1-19-13(18)8-4-9(14)10(15)5-11(8)16-12(17)7-2-3-20-6-7/h4-5,7H,2-3,6H2,1H3,(H,16,17)/t7-/m0/s1. The zero-order valence-electron chi connectivity index (χ0n) is 10.7. The lowest BCUT2D eigenvalue weighted by atomic mass is 10.1. The first-order valence-electron chi connectivity index (χ1n) is 5.99. The van der Waals surface area contributed by atoms with Crippen molar-refractivity contribution in [3.8, 4) is 0 Å². The summed E-state index contributed by atoms with van der Waals surface area (Å²) in [5, 5.41) is 3.14. The van der Waals surface area contributed by atoms with Crippen LogP contribution in [0.4, 0.5) is 5.69 Å². The predicted octanol–water partition coefficient (Wildman–Crippen LogP) is 2.76. The molecule has 1 aromatic carbocycles. The third kappa shape index (κ3) is 3.23. The van der Waals surface area contributed by atoms with E-state index in [4.69, 9.17) is 27.9 Å². The van der Waals surface area contributed by atoms with Gasteiger partial charge in [0.05, 0.1) is 40.9 Å². The summed E-state index contributed by atoms with van der Waals surface area (Å²) in [5.41, 5.74) is 0.442. The first-order valence-corrected chi connectivity index (χ1v) is 6.74. The Kier molecular flexibility index (Phi) is 4.86. The Morgan fingerprint density at radius 3 is 2.65 bits per heavy atom. The number of anilines is 1. The molecule has 2 rings (SSSR count). The van der Waals surface area contributed by atoms with Crippen LogP contribution in [0.3, 0.4) is 0 Å². The fourth-order valence-corrected chi connectivity index (χ4v) is 2.23. The molecule has 1 amide bonds. The van der Waals surface area contributed by atoms with Crippen LogP contribution in [0, 0.1) is 5.92 Å². The Balaban J connectivity index is 2.27. The van der Waals surface area contributed by atoms with Crippen LogP contribution in [-0.2, 0) is 14.3 Å². The van der Waals surface area contributed by atoms with Crippen LogP contribution in [0.15, 0.2) is 12.1 Å². The van der Waals surface area contributed by atoms with Gasteiger partial charge in [-0.2, -0.15) is 0 Å². The Morgan fingerprint density at radius 1 is 1.35 bits per heavy atom. The Labute approximate surface area is 126 Å². The average molecular weight is 318 g/mol. The van der Waals surface area contributed by atoms with Gasteiger partial charge in [0.1, 0.15) is 0 Å². The summed E-state index contributed by atoms with van der Waals surface area (Å²) < 4.78 is 9.82. The molecule has 7 heteroatoms. The van der Waals surface area contributed by atoms with Gasteiger partial charge in [-0.25, -0.2) is 4.79 Å². The van der Waals surface area contributed by atoms with Crippen molar-refractivity contribution in [3.05, 3.63) is 27.7 Å². The molecule has 1 atom stereocenters. The minimum Gasteiger partial charge on any atom is -0.465 e. The van der Waals surface area contributed by atoms with Gasteiger partial charge in [0, 0.05) is 6.61 Å². The molecular weight excluding hydrogens is 305 g/mol. The predicted molar refractivity (Wildman–Crippen MR) is 75.4 cm³/mol. The van der Waals surface area contributed by atoms with E-state index in [1.807, 2.05) is 0 Å². The second kappa shape index (κ2) is 6.43. The zero-order chi connectivity index (χ0) is 14.7. The molecule has 20 heavy (non-hydrogen) atoms. The van der Waals surface area contributed by atoms with Crippen molar-refractivity contribution in [1.29, 1.82) is 0 Å². The number of halogens is 2. The van der Waals surface area contributed by atoms with Gasteiger partial charge in [-0.1, -0.05) is 23.2 Å². The van der Waals surface area contributed by atoms with E-state index in [9.17, 15) is 9.59 Å². The molecule has 0 radical (unpaired) electrons. The number of hydrogen-bond donors (Lipinski definition) is 1. The molecule has 0 aromatic heterocycles. The van der Waals surface area contributed by atoms with Crippen molar-refractivity contribution in [3.63, 3.8) is 0 Å². The van der Waals surface area contributed by atoms with Crippen molar-refractivity contribution < 1.29 is 19.1 Å². The lowest BCUT2D eigenvalue weighted by Crippen LogP contribution is -2.24. The molecule has 5 nitrogen and oxygen atoms in total. The van der Waals surface area contributed by atoms with Crippen LogP contribution in [0.25, 0.3) is 0 Å². The summed E-state index contributed by atoms with van der Waals surface area (Å²) in [4.78, 5) is 23.8. The lowest BCUT2D eigenvalue weighted by Gasteiger charge is -2.13. The molecule has 1 aliphatic rings. The number of carbonyl (C=O) groups excluding carboxylic acids is 2. The van der Waals surface area contributed by atoms with Gasteiger partial charge in [-0.15, -0.1) is 0 Å². The van der Waals surface area contributed by atoms with Gasteiger partial charge < -0.3 is 14.8 Å². The largest absolute Gasteiger partial charge is 0.465 e. The lowest BCUT2D eigenvalue weighted by molar-refractivity contribution is -0.119. The quantitative estimate of drug-likeness (QED) is 0.871. The molecule has 1 saturated heterocycles. The van der Waals surface area contributed by atoms with Crippen LogP contribution in [0.5, 0.6) is 0 Å². The minimum atomic E-state index is -0.596. The average Bonchev–Trinajstić information content (AvgIpc) is 2.95. The van der Waals surface area contributed by atoms with E-state index >= 15 is 0 Å². The number of carbonyl (C=O) groups is 2. The van der Waals surface area contributed by atoms with Crippen molar-refractivity contribution in [2.45, 2.75) is 6.42 Å². The molecule has 0 unspecified atom stereocenters. The number of amides is 1. The zero-order valence-corrected chi connectivity index (χ0v) is 12.3. The molecule has 0 saturated carbocycles. The summed E-state index contributed by atoms with van der Waals surface area (Å²) in [7, 11) is 1.25. The number of rotatable bonds is 3. The highest BCUT2D eigenvalue weighted by molar-refractivity contribution is 6.42. The number of benzene rings is 1. The highest BCUT2D eigenvalue weighted by atomic mass is 35.5. The maximum absolute atomic E-state index is 12.1. The van der Waals surface area contributed by atoms with Gasteiger partial charge in [0.25, 0.3) is 0 Å². The molecule has 1 aromatic rings. The topological polar surface area (TPSA) is 64.6 Å². The van der Waals surface area contributed by atoms with Crippen LogP contribution >= 0.6 is 23.2 Å². The number of hydrogen-bond acceptors (Lipinski definition) is 4. The molecule has 1 fully saturated rings. The maximum atomic E-state index is 12.1. The molecule has 0 aliphatic carbocycles. The highest BCUT2D eigenvalue weighted by Gasteiger charge is 2.25. The molecule has 1 heterocycles. The van der Waals surface area contributed by atoms with Crippen molar-refractivity contribution >= 4 is 40.8 Å². The summed E-state index contributed by atoms with van der Waals surface area (Å²) in [5.74, 6) is -1.04. The first-order chi connectivity index (χ1) is 9.52. The second-order valence-electron chi connectivity index (χ2n) is 4.35. The van der Waals surface area contributed by atoms with E-state index in [1.54, 1.807) is 0 Å². The molecule has 108 valence electrons. The molecule has 0 bridgehead atoms. The third-order valence-electron chi connectivity index (χ3n) is 3.02. The van der Waals surface area contributed by atoms with E-state index in [0.29, 0.717) is 19.6 Å². The van der Waals surface area contributed by atoms with E-state index in [0.717, 1.165) is 0 Å². The smallest absolute Gasteiger partial charge is 0.340 e. The van der Waals surface area contributed by atoms with Gasteiger partial charge in [-0.3, -0.25) is 4.79 Å². The third-order valence-corrected chi connectivity index (χ3v) is 3.75. The van der Waals surface area contributed by atoms with E-state index in [1.165, 1.54) is 19.2 Å². The van der Waals surface area contributed by atoms with E-state index in [2.05, 4.69) is 10.1 Å². The normalized spacial score (nSPS) is 17.9. The first kappa shape index (κ1) is 15.1. The summed E-state index contributed by atoms with van der Waals surface area (Å²) in [6.45, 7) is 0.935. The fraction of sp³-hybridized carbons (Fsp3) is 0.385. The molecular formula is C13H13Cl2NO4. The Hall–Kier alpha value is -1.30. The van der Waals surface area contributed by atoms with Gasteiger partial charge in [0.2, 0.25) is 5.91 Å². The Morgan fingerprint density at radius 2 is 2.05 bits per heavy atom. The minimum absolute atomic E-state index is 0.161. The highest BCUT2D eigenvalue weighted by Crippen LogP contribution is 2.30. The van der Waals surface area contributed by atoms with Crippen molar-refractivity contribution in [2.24, 2.45) is 5.92 Å². The Bertz CT molecular complexity index is 541. The number of nitrogens with one attached hydrogen (secondary N) is 1. The van der Waals surface area contributed by atoms with Gasteiger partial charge >= 0.3 is 5.97 Å². The fourth-order valence-electron chi connectivity index (χ4n) is 1.91. The van der Waals surface area contributed by atoms with Crippen LogP contribution in [-0.4, -0.2) is 32.2 Å². The summed E-state index contributed by atoms with van der Waals surface area (Å²) >= 11 is 11.8. The monoisotopic (exact) mass is 317 g/mol. The summed E-state index contributed by atoms with van der Waals surface area (Å²) in [6, 6.07) is 2.81. The molecule has 1 N–H and O–H groups in total. The van der Waals surface area contributed by atoms with Crippen LogP contribution in [0.2, 0.25) is 10.0 Å². The van der Waals surface area contributed by atoms with Gasteiger partial charge in [0.15, 0.2) is 0 Å². The summed E-state index contributed by atoms with van der Waals surface area (Å²) in [6.07, 6.45) is 0.653. The van der Waals surface area contributed by atoms with Crippen LogP contribution < -0.4 is 5.32 Å². The molecule has 1 aliphatic heterocycles. The number of esters is 1. The van der Waals surface area contributed by atoms with Gasteiger partial charge in [-0.05, 0) is 18.6 Å². The van der Waals surface area contributed by atoms with E-state index < -0.39 is 5.97 Å². The second-order valence-corrected chi connectivity index (χ2v) is 5.17. The number of methoxy groups -OCH3 is 1. The van der Waals surface area contributed by atoms with Crippen LogP contribution in [0.1, 0.15) is 16.8 Å². The SMILES string of the molecule is COC(=O)c1cc(Cl)c(Cl)cc1NC(=O)[C@H]1CCOC1. The van der Waals surface area contributed by atoms with Crippen molar-refractivity contribution in [1.82, 2.24) is 0 Å². The van der Waals surface area contributed by atoms with E-state index in [-0.39, 0.29) is 33.1 Å².